The van der Waals surface area contributed by atoms with Crippen LogP contribution in [0.25, 0.3) is 0 Å². The van der Waals surface area contributed by atoms with Gasteiger partial charge in [0.1, 0.15) is 6.10 Å². The van der Waals surface area contributed by atoms with Gasteiger partial charge in [0.05, 0.1) is 0 Å². The lowest BCUT2D eigenvalue weighted by atomic mass is 9.86. The third kappa shape index (κ3) is 4.09. The van der Waals surface area contributed by atoms with Crippen molar-refractivity contribution in [3.8, 4) is 0 Å². The van der Waals surface area contributed by atoms with Crippen LogP contribution in [0, 0.1) is 5.92 Å². The molecule has 146 valence electrons. The Bertz CT molecular complexity index is 844. The van der Waals surface area contributed by atoms with Crippen LogP contribution < -0.4 is 5.32 Å². The van der Waals surface area contributed by atoms with Crippen LogP contribution in [0.5, 0.6) is 0 Å². The van der Waals surface area contributed by atoms with Gasteiger partial charge >= 0.3 is 5.97 Å². The Balaban J connectivity index is 1.54. The number of nitrogens with one attached hydrogen (secondary N) is 1. The highest BCUT2D eigenvalue weighted by Gasteiger charge is 2.37. The Kier molecular flexibility index (Phi) is 5.44. The number of esters is 1. The standard InChI is InChI=1S/C23H26N2O3/c1-16(26)19-8-5-9-20(14-19)24-22(18-6-3-2-4-7-18)23(27)28-21-15-25-12-10-17(21)11-13-25/h2-9,14,17,21-22,24H,10-13,15H2,1H3/t21-,22?/m0/s1. The van der Waals surface area contributed by atoms with E-state index in [9.17, 15) is 9.59 Å². The third-order valence-electron chi connectivity index (χ3n) is 5.81. The van der Waals surface area contributed by atoms with Gasteiger partial charge in [-0.05, 0) is 56.5 Å². The number of carbonyl (C=O) groups excluding carboxylic acids is 2. The second-order valence-electron chi connectivity index (χ2n) is 7.74. The van der Waals surface area contributed by atoms with E-state index in [4.69, 9.17) is 4.74 Å². The van der Waals surface area contributed by atoms with Gasteiger partial charge in [0.15, 0.2) is 11.8 Å². The molecular formula is C23H26N2O3. The summed E-state index contributed by atoms with van der Waals surface area (Å²) >= 11 is 0. The average molecular weight is 378 g/mol. The van der Waals surface area contributed by atoms with Gasteiger partial charge in [0.2, 0.25) is 0 Å². The van der Waals surface area contributed by atoms with Crippen LogP contribution in [0.3, 0.4) is 0 Å². The third-order valence-corrected chi connectivity index (χ3v) is 5.81. The lowest BCUT2D eigenvalue weighted by Crippen LogP contribution is -2.52. The minimum absolute atomic E-state index is 0.00484. The molecule has 0 spiro atoms. The molecule has 3 heterocycles. The van der Waals surface area contributed by atoms with Crippen molar-refractivity contribution in [3.05, 3.63) is 65.7 Å². The first-order valence-corrected chi connectivity index (χ1v) is 9.95. The molecule has 0 aromatic heterocycles. The van der Waals surface area contributed by atoms with E-state index in [0.29, 0.717) is 11.5 Å². The number of carbonyl (C=O) groups is 2. The first-order valence-electron chi connectivity index (χ1n) is 9.95. The minimum atomic E-state index is -0.612. The van der Waals surface area contributed by atoms with Crippen LogP contribution in [-0.4, -0.2) is 42.4 Å². The van der Waals surface area contributed by atoms with Gasteiger partial charge in [0.25, 0.3) is 0 Å². The Hall–Kier alpha value is -2.66. The van der Waals surface area contributed by atoms with E-state index in [1.807, 2.05) is 42.5 Å². The Morgan fingerprint density at radius 3 is 2.46 bits per heavy atom. The number of fused-ring (bicyclic) bond motifs is 3. The van der Waals surface area contributed by atoms with Gasteiger partial charge < -0.3 is 10.1 Å². The SMILES string of the molecule is CC(=O)c1cccc(NC(C(=O)O[C@H]2CN3CCC2CC3)c2ccccc2)c1. The van der Waals surface area contributed by atoms with Crippen molar-refractivity contribution in [3.63, 3.8) is 0 Å². The van der Waals surface area contributed by atoms with Crippen molar-refractivity contribution in [1.82, 2.24) is 4.90 Å². The van der Waals surface area contributed by atoms with E-state index >= 15 is 0 Å². The van der Waals surface area contributed by atoms with Crippen molar-refractivity contribution < 1.29 is 14.3 Å². The zero-order chi connectivity index (χ0) is 19.5. The quantitative estimate of drug-likeness (QED) is 0.614. The van der Waals surface area contributed by atoms with Gasteiger partial charge in [-0.25, -0.2) is 4.79 Å². The lowest BCUT2D eigenvalue weighted by molar-refractivity contribution is -0.159. The van der Waals surface area contributed by atoms with Crippen molar-refractivity contribution in [1.29, 1.82) is 0 Å². The van der Waals surface area contributed by atoms with E-state index in [2.05, 4.69) is 10.2 Å². The molecule has 0 aliphatic carbocycles. The Labute approximate surface area is 165 Å². The highest BCUT2D eigenvalue weighted by molar-refractivity contribution is 5.95. The molecule has 0 radical (unpaired) electrons. The average Bonchev–Trinajstić information content (AvgIpc) is 2.73. The summed E-state index contributed by atoms with van der Waals surface area (Å²) in [6, 6.07) is 16.2. The van der Waals surface area contributed by atoms with Crippen molar-refractivity contribution >= 4 is 17.4 Å². The molecule has 0 amide bonds. The zero-order valence-electron chi connectivity index (χ0n) is 16.1. The molecule has 3 aliphatic heterocycles. The van der Waals surface area contributed by atoms with E-state index in [1.165, 1.54) is 6.92 Å². The van der Waals surface area contributed by atoms with E-state index in [0.717, 1.165) is 43.7 Å². The van der Waals surface area contributed by atoms with Gasteiger partial charge in [-0.15, -0.1) is 0 Å². The van der Waals surface area contributed by atoms with E-state index in [-0.39, 0.29) is 17.9 Å². The summed E-state index contributed by atoms with van der Waals surface area (Å²) in [5.74, 6) is 0.194. The molecule has 2 bridgehead atoms. The van der Waals surface area contributed by atoms with Crippen LogP contribution in [0.2, 0.25) is 0 Å². The monoisotopic (exact) mass is 378 g/mol. The molecule has 5 heteroatoms. The summed E-state index contributed by atoms with van der Waals surface area (Å²) < 4.78 is 5.98. The maximum absolute atomic E-state index is 13.1. The predicted molar refractivity (Wildman–Crippen MR) is 108 cm³/mol. The highest BCUT2D eigenvalue weighted by Crippen LogP contribution is 2.31. The van der Waals surface area contributed by atoms with Crippen LogP contribution in [0.1, 0.15) is 41.7 Å². The molecule has 5 nitrogen and oxygen atoms in total. The Morgan fingerprint density at radius 1 is 1.07 bits per heavy atom. The molecular weight excluding hydrogens is 352 g/mol. The molecule has 0 saturated carbocycles. The highest BCUT2D eigenvalue weighted by atomic mass is 16.5. The number of Topliss-reactive ketones (excluding diaryl/α,β-unsaturated/α-hetero) is 1. The van der Waals surface area contributed by atoms with Crippen molar-refractivity contribution in [2.75, 3.05) is 25.0 Å². The van der Waals surface area contributed by atoms with Crippen LogP contribution in [0.15, 0.2) is 54.6 Å². The first-order chi connectivity index (χ1) is 13.6. The normalized spacial score (nSPS) is 24.4. The molecule has 3 saturated heterocycles. The summed E-state index contributed by atoms with van der Waals surface area (Å²) in [6.45, 7) is 4.58. The molecule has 1 N–H and O–H groups in total. The number of nitrogens with zero attached hydrogens (tertiary/aromatic N) is 1. The molecule has 1 unspecified atom stereocenters. The lowest BCUT2D eigenvalue weighted by Gasteiger charge is -2.44. The number of rotatable bonds is 6. The first kappa shape index (κ1) is 18.7. The largest absolute Gasteiger partial charge is 0.459 e. The van der Waals surface area contributed by atoms with Crippen molar-refractivity contribution in [2.24, 2.45) is 5.92 Å². The second kappa shape index (κ2) is 8.15. The van der Waals surface area contributed by atoms with Gasteiger partial charge in [-0.1, -0.05) is 42.5 Å². The molecule has 3 aliphatic rings. The fourth-order valence-corrected chi connectivity index (χ4v) is 4.18. The summed E-state index contributed by atoms with van der Waals surface area (Å²) in [6.07, 6.45) is 2.16. The molecule has 28 heavy (non-hydrogen) atoms. The topological polar surface area (TPSA) is 58.6 Å². The zero-order valence-corrected chi connectivity index (χ0v) is 16.1. The van der Waals surface area contributed by atoms with Gasteiger partial charge in [-0.3, -0.25) is 9.69 Å². The number of benzene rings is 2. The van der Waals surface area contributed by atoms with Crippen LogP contribution in [-0.2, 0) is 9.53 Å². The number of hydrogen-bond donors (Lipinski definition) is 1. The summed E-state index contributed by atoms with van der Waals surface area (Å²) in [5.41, 5.74) is 2.19. The number of anilines is 1. The smallest absolute Gasteiger partial charge is 0.333 e. The van der Waals surface area contributed by atoms with Crippen molar-refractivity contribution in [2.45, 2.75) is 31.9 Å². The molecule has 5 rings (SSSR count). The van der Waals surface area contributed by atoms with Crippen LogP contribution >= 0.6 is 0 Å². The maximum Gasteiger partial charge on any atom is 0.333 e. The summed E-state index contributed by atoms with van der Waals surface area (Å²) in [7, 11) is 0. The fraction of sp³-hybridized carbons (Fsp3) is 0.391. The molecule has 3 fully saturated rings. The van der Waals surface area contributed by atoms with Gasteiger partial charge in [0, 0.05) is 17.8 Å². The number of ether oxygens (including phenoxy) is 1. The fourth-order valence-electron chi connectivity index (χ4n) is 4.18. The summed E-state index contributed by atoms with van der Waals surface area (Å²) in [4.78, 5) is 27.2. The number of hydrogen-bond acceptors (Lipinski definition) is 5. The second-order valence-corrected chi connectivity index (χ2v) is 7.74. The minimum Gasteiger partial charge on any atom is -0.459 e. The molecule has 2 aromatic carbocycles. The predicted octanol–water partition coefficient (Wildman–Crippen LogP) is 3.68. The van der Waals surface area contributed by atoms with E-state index in [1.54, 1.807) is 12.1 Å². The number of ketones is 1. The molecule has 2 atom stereocenters. The maximum atomic E-state index is 13.1. The van der Waals surface area contributed by atoms with Crippen LogP contribution in [0.4, 0.5) is 5.69 Å². The van der Waals surface area contributed by atoms with Gasteiger partial charge in [-0.2, -0.15) is 0 Å². The Morgan fingerprint density at radius 2 is 1.82 bits per heavy atom. The summed E-state index contributed by atoms with van der Waals surface area (Å²) in [5, 5.41) is 3.28. The number of piperidine rings is 3. The van der Waals surface area contributed by atoms with E-state index < -0.39 is 6.04 Å². The molecule has 2 aromatic rings.